The van der Waals surface area contributed by atoms with E-state index in [0.717, 1.165) is 11.3 Å². The highest BCUT2D eigenvalue weighted by Gasteiger charge is 2.13. The summed E-state index contributed by atoms with van der Waals surface area (Å²) in [5.41, 5.74) is 3.57. The van der Waals surface area contributed by atoms with E-state index in [1.54, 1.807) is 23.0 Å². The topological polar surface area (TPSA) is 57.0 Å². The zero-order valence-corrected chi connectivity index (χ0v) is 17.1. The molecule has 0 bridgehead atoms. The number of hydrogen-bond acceptors (Lipinski definition) is 5. The molecule has 4 aromatic rings. The lowest BCUT2D eigenvalue weighted by Gasteiger charge is -2.13. The molecule has 0 amide bonds. The summed E-state index contributed by atoms with van der Waals surface area (Å²) >= 11 is 1.50. The van der Waals surface area contributed by atoms with Crippen LogP contribution in [0.2, 0.25) is 0 Å². The number of pyridine rings is 1. The summed E-state index contributed by atoms with van der Waals surface area (Å²) in [7, 11) is 0. The summed E-state index contributed by atoms with van der Waals surface area (Å²) in [6.45, 7) is 4.60. The Morgan fingerprint density at radius 2 is 1.93 bits per heavy atom. The van der Waals surface area contributed by atoms with Crippen molar-refractivity contribution in [3.05, 3.63) is 88.5 Å². The number of rotatable bonds is 6. The van der Waals surface area contributed by atoms with Gasteiger partial charge in [0, 0.05) is 11.9 Å². The first-order valence-corrected chi connectivity index (χ1v) is 10.4. The van der Waals surface area contributed by atoms with Crippen LogP contribution in [0.25, 0.3) is 16.6 Å². The first-order valence-electron chi connectivity index (χ1n) is 9.38. The van der Waals surface area contributed by atoms with Crippen LogP contribution in [0.3, 0.4) is 0 Å². The summed E-state index contributed by atoms with van der Waals surface area (Å²) < 4.78 is 7.58. The van der Waals surface area contributed by atoms with Crippen LogP contribution in [-0.4, -0.2) is 26.9 Å². The zero-order chi connectivity index (χ0) is 20.2. The van der Waals surface area contributed by atoms with E-state index in [-0.39, 0.29) is 5.56 Å². The molecular formula is C23H21N3O2S. The molecule has 0 N–H and O–H groups in total. The van der Waals surface area contributed by atoms with E-state index in [4.69, 9.17) is 9.72 Å². The number of hydrogen-bond donors (Lipinski definition) is 0. The van der Waals surface area contributed by atoms with Gasteiger partial charge in [-0.3, -0.25) is 14.3 Å². The fourth-order valence-electron chi connectivity index (χ4n) is 3.07. The Bertz CT molecular complexity index is 1210. The highest BCUT2D eigenvalue weighted by molar-refractivity contribution is 7.99. The van der Waals surface area contributed by atoms with Crippen LogP contribution in [0, 0.1) is 13.8 Å². The van der Waals surface area contributed by atoms with Gasteiger partial charge < -0.3 is 4.74 Å². The monoisotopic (exact) mass is 403 g/mol. The second-order valence-corrected chi connectivity index (χ2v) is 7.79. The third kappa shape index (κ3) is 4.17. The zero-order valence-electron chi connectivity index (χ0n) is 16.3. The van der Waals surface area contributed by atoms with E-state index in [2.05, 4.69) is 17.1 Å². The number of fused-ring (bicyclic) bond motifs is 1. The van der Waals surface area contributed by atoms with Crippen LogP contribution in [0.15, 0.2) is 76.9 Å². The van der Waals surface area contributed by atoms with Crippen LogP contribution in [0.4, 0.5) is 0 Å². The number of benzene rings is 2. The van der Waals surface area contributed by atoms with E-state index in [1.807, 2.05) is 50.2 Å². The summed E-state index contributed by atoms with van der Waals surface area (Å²) in [6, 6.07) is 17.3. The largest absolute Gasteiger partial charge is 0.492 e. The first-order chi connectivity index (χ1) is 14.1. The summed E-state index contributed by atoms with van der Waals surface area (Å²) in [5, 5.41) is 1.22. The average molecular weight is 404 g/mol. The van der Waals surface area contributed by atoms with Crippen molar-refractivity contribution >= 4 is 22.7 Å². The van der Waals surface area contributed by atoms with Crippen molar-refractivity contribution < 1.29 is 4.74 Å². The Labute approximate surface area is 173 Å². The molecule has 2 aromatic carbocycles. The quantitative estimate of drug-likeness (QED) is 0.268. The van der Waals surface area contributed by atoms with Gasteiger partial charge >= 0.3 is 0 Å². The molecule has 0 fully saturated rings. The Balaban J connectivity index is 1.61. The lowest BCUT2D eigenvalue weighted by molar-refractivity contribution is 0.341. The van der Waals surface area contributed by atoms with Crippen LogP contribution < -0.4 is 10.3 Å². The van der Waals surface area contributed by atoms with Gasteiger partial charge in [0.25, 0.3) is 5.56 Å². The second-order valence-electron chi connectivity index (χ2n) is 6.73. The molecular weight excluding hydrogens is 382 g/mol. The molecule has 6 heteroatoms. The van der Waals surface area contributed by atoms with Crippen LogP contribution >= 0.6 is 11.8 Å². The van der Waals surface area contributed by atoms with E-state index >= 15 is 0 Å². The van der Waals surface area contributed by atoms with Gasteiger partial charge in [0.05, 0.1) is 29.4 Å². The standard InChI is InChI=1S/C23H21N3O2S/c1-16-9-10-17(2)21(14-16)28-12-13-29-23-25-20-8-4-3-7-19(20)22(27)26(23)18-6-5-11-24-15-18/h3-11,14-15H,12-13H2,1-2H3. The Hall–Kier alpha value is -3.12. The molecule has 29 heavy (non-hydrogen) atoms. The Morgan fingerprint density at radius 3 is 2.76 bits per heavy atom. The van der Waals surface area contributed by atoms with Crippen molar-refractivity contribution in [3.63, 3.8) is 0 Å². The predicted octanol–water partition coefficient (Wildman–Crippen LogP) is 4.57. The van der Waals surface area contributed by atoms with E-state index in [9.17, 15) is 4.79 Å². The molecule has 0 radical (unpaired) electrons. The van der Waals surface area contributed by atoms with Crippen LogP contribution in [-0.2, 0) is 0 Å². The number of aryl methyl sites for hydroxylation is 2. The summed E-state index contributed by atoms with van der Waals surface area (Å²) in [5.74, 6) is 1.56. The normalized spacial score (nSPS) is 11.0. The van der Waals surface area contributed by atoms with Gasteiger partial charge in [0.15, 0.2) is 5.16 Å². The van der Waals surface area contributed by atoms with Crippen molar-refractivity contribution in [1.82, 2.24) is 14.5 Å². The molecule has 0 saturated carbocycles. The maximum absolute atomic E-state index is 13.1. The maximum atomic E-state index is 13.1. The summed E-state index contributed by atoms with van der Waals surface area (Å²) in [4.78, 5) is 22.0. The SMILES string of the molecule is Cc1ccc(C)c(OCCSc2nc3ccccc3c(=O)n2-c2cccnc2)c1. The van der Waals surface area contributed by atoms with Gasteiger partial charge in [0.1, 0.15) is 5.75 Å². The molecule has 5 nitrogen and oxygen atoms in total. The molecule has 0 atom stereocenters. The first kappa shape index (κ1) is 19.2. The van der Waals surface area contributed by atoms with Crippen molar-refractivity contribution in [2.75, 3.05) is 12.4 Å². The van der Waals surface area contributed by atoms with Crippen molar-refractivity contribution in [3.8, 4) is 11.4 Å². The van der Waals surface area contributed by atoms with Gasteiger partial charge in [-0.2, -0.15) is 0 Å². The molecule has 4 rings (SSSR count). The molecule has 146 valence electrons. The van der Waals surface area contributed by atoms with Gasteiger partial charge in [-0.1, -0.05) is 36.0 Å². The summed E-state index contributed by atoms with van der Waals surface area (Å²) in [6.07, 6.45) is 3.36. The molecule has 0 aliphatic rings. The molecule has 0 aliphatic carbocycles. The molecule has 0 unspecified atom stereocenters. The van der Waals surface area contributed by atoms with Crippen LogP contribution in [0.1, 0.15) is 11.1 Å². The lowest BCUT2D eigenvalue weighted by Crippen LogP contribution is -2.22. The van der Waals surface area contributed by atoms with E-state index in [1.165, 1.54) is 17.3 Å². The fraction of sp³-hybridized carbons (Fsp3) is 0.174. The predicted molar refractivity (Wildman–Crippen MR) is 117 cm³/mol. The third-order valence-corrected chi connectivity index (χ3v) is 5.47. The van der Waals surface area contributed by atoms with Gasteiger partial charge in [0.2, 0.25) is 0 Å². The Morgan fingerprint density at radius 1 is 1.07 bits per heavy atom. The van der Waals surface area contributed by atoms with E-state index < -0.39 is 0 Å². The smallest absolute Gasteiger partial charge is 0.266 e. The molecule has 2 heterocycles. The lowest BCUT2D eigenvalue weighted by atomic mass is 10.1. The highest BCUT2D eigenvalue weighted by atomic mass is 32.2. The third-order valence-electron chi connectivity index (χ3n) is 4.56. The molecule has 0 aliphatic heterocycles. The van der Waals surface area contributed by atoms with Crippen molar-refractivity contribution in [2.24, 2.45) is 0 Å². The second kappa shape index (κ2) is 8.49. The maximum Gasteiger partial charge on any atom is 0.266 e. The molecule has 0 spiro atoms. The minimum absolute atomic E-state index is 0.0958. The van der Waals surface area contributed by atoms with Gasteiger partial charge in [-0.05, 0) is 55.3 Å². The molecule has 2 aromatic heterocycles. The number of aromatic nitrogens is 3. The van der Waals surface area contributed by atoms with Gasteiger partial charge in [-0.25, -0.2) is 4.98 Å². The number of para-hydroxylation sites is 1. The van der Waals surface area contributed by atoms with Crippen molar-refractivity contribution in [2.45, 2.75) is 19.0 Å². The van der Waals surface area contributed by atoms with E-state index in [0.29, 0.717) is 34.1 Å². The number of nitrogens with zero attached hydrogens (tertiary/aromatic N) is 3. The van der Waals surface area contributed by atoms with Gasteiger partial charge in [-0.15, -0.1) is 0 Å². The number of ether oxygens (including phenoxy) is 1. The minimum Gasteiger partial charge on any atom is -0.492 e. The minimum atomic E-state index is -0.0958. The highest BCUT2D eigenvalue weighted by Crippen LogP contribution is 2.23. The average Bonchev–Trinajstić information content (AvgIpc) is 2.74. The molecule has 0 saturated heterocycles. The fourth-order valence-corrected chi connectivity index (χ4v) is 3.90. The number of thioether (sulfide) groups is 1. The van der Waals surface area contributed by atoms with Crippen molar-refractivity contribution in [1.29, 1.82) is 0 Å². The van der Waals surface area contributed by atoms with Crippen LogP contribution in [0.5, 0.6) is 5.75 Å². The Kier molecular flexibility index (Phi) is 5.62.